The SMILES string of the molecule is CC/C=C\C/C=C\C/C=C\C/C=C\C/C=C\CCCCCCC(O)C(=O)NC(COC1OC(CO)C(O)C(O)C1OC(=O)CCCCCCCCCCCCCCCCCCC/C=C/CCCCCCCC)C(O)/C=C/CCCCCCCCCCC. The van der Waals surface area contributed by atoms with Crippen LogP contribution in [0.25, 0.3) is 0 Å². The second kappa shape index (κ2) is 63.0. The lowest BCUT2D eigenvalue weighted by Crippen LogP contribution is -2.61. The summed E-state index contributed by atoms with van der Waals surface area (Å²) in [5, 5.41) is 57.2. The zero-order chi connectivity index (χ0) is 63.1. The molecule has 0 aliphatic carbocycles. The normalized spacial score (nSPS) is 18.7. The molecule has 1 rings (SSSR count). The number of ether oxygens (including phenoxy) is 3. The van der Waals surface area contributed by atoms with Gasteiger partial charge >= 0.3 is 5.97 Å². The number of unbranched alkanes of at least 4 members (excludes halogenated alkanes) is 36. The lowest BCUT2D eigenvalue weighted by molar-refractivity contribution is -0.305. The number of carbonyl (C=O) groups excluding carboxylic acids is 2. The van der Waals surface area contributed by atoms with Crippen molar-refractivity contribution >= 4 is 11.9 Å². The molecule has 0 saturated carbocycles. The van der Waals surface area contributed by atoms with E-state index in [1.54, 1.807) is 6.08 Å². The molecule has 1 saturated heterocycles. The van der Waals surface area contributed by atoms with Gasteiger partial charge in [-0.2, -0.15) is 0 Å². The van der Waals surface area contributed by atoms with Crippen molar-refractivity contribution in [2.75, 3.05) is 13.2 Å². The summed E-state index contributed by atoms with van der Waals surface area (Å²) >= 11 is 0. The molecule has 0 radical (unpaired) electrons. The van der Waals surface area contributed by atoms with Gasteiger partial charge in [-0.1, -0.05) is 305 Å². The number of esters is 1. The van der Waals surface area contributed by atoms with Crippen LogP contribution >= 0.6 is 0 Å². The Morgan fingerprint density at radius 3 is 1.25 bits per heavy atom. The molecule has 6 N–H and O–H groups in total. The maximum atomic E-state index is 13.5. The van der Waals surface area contributed by atoms with Gasteiger partial charge in [0.05, 0.1) is 25.4 Å². The molecule has 1 amide bonds. The smallest absolute Gasteiger partial charge is 0.306 e. The van der Waals surface area contributed by atoms with Gasteiger partial charge in [-0.25, -0.2) is 0 Å². The Hall–Kier alpha value is -3.16. The van der Waals surface area contributed by atoms with Crippen molar-refractivity contribution in [1.82, 2.24) is 5.32 Å². The molecule has 0 aromatic rings. The van der Waals surface area contributed by atoms with E-state index in [0.29, 0.717) is 12.8 Å². The third-order valence-electron chi connectivity index (χ3n) is 16.8. The third kappa shape index (κ3) is 50.2. The maximum Gasteiger partial charge on any atom is 0.306 e. The second-order valence-corrected chi connectivity index (χ2v) is 24.9. The van der Waals surface area contributed by atoms with Crippen LogP contribution in [0.15, 0.2) is 85.1 Å². The van der Waals surface area contributed by atoms with E-state index in [1.165, 1.54) is 180 Å². The molecule has 504 valence electrons. The molecule has 0 aromatic heterocycles. The number of nitrogens with one attached hydrogen (secondary N) is 1. The van der Waals surface area contributed by atoms with E-state index in [-0.39, 0.29) is 19.4 Å². The number of rotatable bonds is 62. The minimum atomic E-state index is -1.62. The van der Waals surface area contributed by atoms with E-state index >= 15 is 0 Å². The van der Waals surface area contributed by atoms with Crippen molar-refractivity contribution in [3.63, 3.8) is 0 Å². The fourth-order valence-electron chi connectivity index (χ4n) is 11.1. The Morgan fingerprint density at radius 2 is 0.828 bits per heavy atom. The minimum Gasteiger partial charge on any atom is -0.454 e. The predicted molar refractivity (Wildman–Crippen MR) is 366 cm³/mol. The van der Waals surface area contributed by atoms with Gasteiger partial charge in [0.1, 0.15) is 24.4 Å². The summed E-state index contributed by atoms with van der Waals surface area (Å²) in [6.45, 7) is 5.68. The van der Waals surface area contributed by atoms with Gasteiger partial charge in [0.25, 0.3) is 0 Å². The molecule has 1 aliphatic rings. The number of hydrogen-bond donors (Lipinski definition) is 6. The first-order valence-corrected chi connectivity index (χ1v) is 36.4. The molecule has 87 heavy (non-hydrogen) atoms. The lowest BCUT2D eigenvalue weighted by atomic mass is 9.99. The van der Waals surface area contributed by atoms with Crippen molar-refractivity contribution in [1.29, 1.82) is 0 Å². The molecule has 8 atom stereocenters. The van der Waals surface area contributed by atoms with Crippen molar-refractivity contribution in [3.05, 3.63) is 85.1 Å². The van der Waals surface area contributed by atoms with Crippen LogP contribution in [0.4, 0.5) is 0 Å². The standard InChI is InChI=1S/C76H135NO10/c1-4-7-10-13-16-19-22-24-26-28-30-32-33-34-35-36-37-38-40-42-44-46-49-52-55-58-61-64-71(81)87-74-73(83)72(82)70(65-78)86-76(74)85-66-67(68(79)62-59-56-53-50-47-21-18-15-12-9-6-3)77-75(84)69(80)63-60-57-54-51-48-45-43-41-39-31-29-27-25-23-20-17-14-11-8-5-2/h8,11,17,20,24-27,31,39,43,45,59,62,67-70,72-74,76,78-80,82-83H,4-7,9-10,12-16,18-19,21-23,28-30,32-38,40-42,44,46-58,60-61,63-66H2,1-3H3,(H,77,84)/b11-8-,20-17-,26-24+,27-25-,39-31-,45-43-,62-59+. The van der Waals surface area contributed by atoms with Crippen molar-refractivity contribution in [2.45, 2.75) is 372 Å². The Balaban J connectivity index is 2.53. The molecular formula is C76H135NO10. The third-order valence-corrected chi connectivity index (χ3v) is 16.8. The highest BCUT2D eigenvalue weighted by Gasteiger charge is 2.47. The Kier molecular flexibility index (Phi) is 59.3. The summed E-state index contributed by atoms with van der Waals surface area (Å²) in [6, 6.07) is -1.04. The van der Waals surface area contributed by atoms with Gasteiger partial charge in [0.15, 0.2) is 12.4 Å². The van der Waals surface area contributed by atoms with Crippen LogP contribution in [0.5, 0.6) is 0 Å². The fourth-order valence-corrected chi connectivity index (χ4v) is 11.1. The number of amides is 1. The lowest BCUT2D eigenvalue weighted by Gasteiger charge is -2.41. The van der Waals surface area contributed by atoms with Crippen LogP contribution in [-0.4, -0.2) is 99.6 Å². The summed E-state index contributed by atoms with van der Waals surface area (Å²) in [6.07, 6.45) is 73.5. The molecule has 1 heterocycles. The van der Waals surface area contributed by atoms with Crippen LogP contribution in [0.2, 0.25) is 0 Å². The van der Waals surface area contributed by atoms with Crippen LogP contribution in [0.3, 0.4) is 0 Å². The van der Waals surface area contributed by atoms with Gasteiger partial charge in [-0.15, -0.1) is 0 Å². The summed E-state index contributed by atoms with van der Waals surface area (Å²) in [5.41, 5.74) is 0. The second-order valence-electron chi connectivity index (χ2n) is 24.9. The Morgan fingerprint density at radius 1 is 0.460 bits per heavy atom. The van der Waals surface area contributed by atoms with Gasteiger partial charge in [-0.05, 0) is 96.3 Å². The summed E-state index contributed by atoms with van der Waals surface area (Å²) in [4.78, 5) is 26.7. The molecule has 0 bridgehead atoms. The number of aliphatic hydroxyl groups excluding tert-OH is 5. The largest absolute Gasteiger partial charge is 0.454 e. The average Bonchev–Trinajstić information content (AvgIpc) is 1.56. The van der Waals surface area contributed by atoms with Gasteiger partial charge < -0.3 is 45.1 Å². The van der Waals surface area contributed by atoms with E-state index in [2.05, 4.69) is 99.0 Å². The van der Waals surface area contributed by atoms with Gasteiger partial charge in [-0.3, -0.25) is 9.59 Å². The van der Waals surface area contributed by atoms with E-state index in [4.69, 9.17) is 14.2 Å². The van der Waals surface area contributed by atoms with Gasteiger partial charge in [0.2, 0.25) is 5.91 Å². The maximum absolute atomic E-state index is 13.5. The zero-order valence-corrected chi connectivity index (χ0v) is 56.1. The molecule has 11 heteroatoms. The molecule has 11 nitrogen and oxygen atoms in total. The molecule has 1 aliphatic heterocycles. The fraction of sp³-hybridized carbons (Fsp3) is 0.789. The first-order valence-electron chi connectivity index (χ1n) is 36.4. The Bertz CT molecular complexity index is 1740. The summed E-state index contributed by atoms with van der Waals surface area (Å²) < 4.78 is 17.7. The number of carbonyl (C=O) groups is 2. The van der Waals surface area contributed by atoms with Gasteiger partial charge in [0, 0.05) is 6.42 Å². The van der Waals surface area contributed by atoms with E-state index in [1.807, 2.05) is 6.08 Å². The van der Waals surface area contributed by atoms with E-state index in [0.717, 1.165) is 96.3 Å². The number of allylic oxidation sites excluding steroid dienone is 13. The highest BCUT2D eigenvalue weighted by Crippen LogP contribution is 2.26. The first-order chi connectivity index (χ1) is 42.7. The molecule has 0 spiro atoms. The molecule has 8 unspecified atom stereocenters. The molecule has 0 aromatic carbocycles. The summed E-state index contributed by atoms with van der Waals surface area (Å²) in [7, 11) is 0. The highest BCUT2D eigenvalue weighted by atomic mass is 16.7. The highest BCUT2D eigenvalue weighted by molar-refractivity contribution is 5.80. The monoisotopic (exact) mass is 1220 g/mol. The zero-order valence-electron chi connectivity index (χ0n) is 56.1. The van der Waals surface area contributed by atoms with Crippen molar-refractivity contribution in [2.24, 2.45) is 0 Å². The summed E-state index contributed by atoms with van der Waals surface area (Å²) in [5.74, 6) is -1.21. The number of hydrogen-bond acceptors (Lipinski definition) is 10. The number of aliphatic hydroxyl groups is 5. The molecule has 1 fully saturated rings. The van der Waals surface area contributed by atoms with Crippen LogP contribution in [0, 0.1) is 0 Å². The molecular weight excluding hydrogens is 1090 g/mol. The van der Waals surface area contributed by atoms with Crippen LogP contribution in [0.1, 0.15) is 323 Å². The Labute approximate surface area is 533 Å². The average molecular weight is 1220 g/mol. The first kappa shape index (κ1) is 81.9. The predicted octanol–water partition coefficient (Wildman–Crippen LogP) is 18.8. The minimum absolute atomic E-state index is 0.121. The quantitative estimate of drug-likeness (QED) is 0.0195. The van der Waals surface area contributed by atoms with Crippen LogP contribution in [-0.2, 0) is 23.8 Å². The van der Waals surface area contributed by atoms with Crippen molar-refractivity contribution < 1.29 is 49.3 Å². The van der Waals surface area contributed by atoms with Crippen molar-refractivity contribution in [3.8, 4) is 0 Å². The topological polar surface area (TPSA) is 175 Å². The van der Waals surface area contributed by atoms with E-state index in [9.17, 15) is 35.1 Å². The van der Waals surface area contributed by atoms with Crippen LogP contribution < -0.4 is 5.32 Å². The van der Waals surface area contributed by atoms with E-state index < -0.39 is 67.4 Å².